The van der Waals surface area contributed by atoms with Crippen LogP contribution in [0.3, 0.4) is 0 Å². The molecule has 1 saturated carbocycles. The Labute approximate surface area is 167 Å². The Balaban J connectivity index is 1.48. The average Bonchev–Trinajstić information content (AvgIpc) is 3.48. The minimum atomic E-state index is -0.641. The highest BCUT2D eigenvalue weighted by Crippen LogP contribution is 2.36. The first-order chi connectivity index (χ1) is 14.3. The van der Waals surface area contributed by atoms with Crippen molar-refractivity contribution in [2.75, 3.05) is 13.2 Å². The predicted octanol–water partition coefficient (Wildman–Crippen LogP) is 2.60. The number of carbonyl (C=O) groups excluding carboxylic acids is 1. The predicted molar refractivity (Wildman–Crippen MR) is 102 cm³/mol. The number of carbonyl (C=O) groups is 1. The van der Waals surface area contributed by atoms with Crippen molar-refractivity contribution in [3.05, 3.63) is 41.9 Å². The van der Waals surface area contributed by atoms with Gasteiger partial charge >= 0.3 is 0 Å². The zero-order valence-electron chi connectivity index (χ0n) is 16.2. The normalized spacial score (nSPS) is 21.9. The van der Waals surface area contributed by atoms with Crippen LogP contribution in [0.2, 0.25) is 0 Å². The number of fused-ring (bicyclic) bond motifs is 1. The van der Waals surface area contributed by atoms with Gasteiger partial charge in [-0.2, -0.15) is 10.1 Å². The van der Waals surface area contributed by atoms with Crippen LogP contribution >= 0.6 is 0 Å². The van der Waals surface area contributed by atoms with E-state index in [1.165, 1.54) is 0 Å². The van der Waals surface area contributed by atoms with Crippen LogP contribution in [0.25, 0.3) is 5.65 Å². The molecule has 4 heterocycles. The molecule has 152 valence electrons. The fraction of sp³-hybridized carbons (Fsp3) is 0.550. The first kappa shape index (κ1) is 18.2. The summed E-state index contributed by atoms with van der Waals surface area (Å²) >= 11 is 0. The quantitative estimate of drug-likeness (QED) is 0.675. The van der Waals surface area contributed by atoms with Gasteiger partial charge in [-0.25, -0.2) is 9.50 Å². The van der Waals surface area contributed by atoms with Gasteiger partial charge in [0.15, 0.2) is 11.5 Å². The van der Waals surface area contributed by atoms with E-state index in [2.05, 4.69) is 20.6 Å². The van der Waals surface area contributed by atoms with Gasteiger partial charge in [0, 0.05) is 18.9 Å². The van der Waals surface area contributed by atoms with Gasteiger partial charge in [0.1, 0.15) is 11.2 Å². The van der Waals surface area contributed by atoms with Gasteiger partial charge in [0.05, 0.1) is 18.7 Å². The van der Waals surface area contributed by atoms with Crippen molar-refractivity contribution in [2.24, 2.45) is 0 Å². The lowest BCUT2D eigenvalue weighted by Gasteiger charge is -2.30. The zero-order chi connectivity index (χ0) is 19.7. The van der Waals surface area contributed by atoms with Crippen molar-refractivity contribution in [1.82, 2.24) is 30.1 Å². The average molecular weight is 396 g/mol. The maximum atomic E-state index is 13.3. The van der Waals surface area contributed by atoms with Crippen molar-refractivity contribution >= 4 is 11.6 Å². The Kier molecular flexibility index (Phi) is 4.75. The Morgan fingerprint density at radius 3 is 2.83 bits per heavy atom. The van der Waals surface area contributed by atoms with E-state index in [4.69, 9.17) is 14.2 Å². The molecule has 29 heavy (non-hydrogen) atoms. The first-order valence-electron chi connectivity index (χ1n) is 10.3. The van der Waals surface area contributed by atoms with Crippen molar-refractivity contribution in [1.29, 1.82) is 0 Å². The van der Waals surface area contributed by atoms with Gasteiger partial charge in [0.25, 0.3) is 5.91 Å². The van der Waals surface area contributed by atoms with Crippen molar-refractivity contribution < 1.29 is 14.1 Å². The maximum absolute atomic E-state index is 13.3. The summed E-state index contributed by atoms with van der Waals surface area (Å²) in [5.74, 6) is 1.10. The highest BCUT2D eigenvalue weighted by Gasteiger charge is 2.40. The molecule has 1 N–H and O–H groups in total. The largest absolute Gasteiger partial charge is 0.381 e. The highest BCUT2D eigenvalue weighted by atomic mass is 16.5. The van der Waals surface area contributed by atoms with Gasteiger partial charge in [-0.15, -0.1) is 0 Å². The number of amides is 1. The van der Waals surface area contributed by atoms with Crippen LogP contribution in [-0.4, -0.2) is 43.9 Å². The Hall–Kier alpha value is -2.81. The Bertz CT molecular complexity index is 998. The van der Waals surface area contributed by atoms with E-state index in [1.807, 2.05) is 0 Å². The molecule has 2 aliphatic rings. The second-order valence-electron chi connectivity index (χ2n) is 7.90. The molecular formula is C20H24N6O3. The minimum Gasteiger partial charge on any atom is -0.381 e. The molecule has 0 bridgehead atoms. The number of ether oxygens (including phenoxy) is 1. The van der Waals surface area contributed by atoms with Gasteiger partial charge in [-0.05, 0) is 25.3 Å². The number of rotatable bonds is 4. The standard InChI is InChI=1S/C20H24N6O3/c27-17(15-5-10-21-16-6-11-22-26(15)16)24-20(8-3-1-2-4-9-20)19-23-18(29-25-19)14-7-12-28-13-14/h5-6,10-11,14H,1-4,7-9,12-13H2,(H,24,27)/t14-/m0/s1. The van der Waals surface area contributed by atoms with E-state index in [0.29, 0.717) is 36.3 Å². The van der Waals surface area contributed by atoms with Crippen molar-refractivity contribution in [3.8, 4) is 0 Å². The number of nitrogens with one attached hydrogen (secondary N) is 1. The van der Waals surface area contributed by atoms with Crippen LogP contribution < -0.4 is 5.32 Å². The molecule has 1 amide bonds. The molecule has 1 atom stereocenters. The second-order valence-corrected chi connectivity index (χ2v) is 7.90. The molecule has 2 fully saturated rings. The van der Waals surface area contributed by atoms with Crippen molar-refractivity contribution in [2.45, 2.75) is 56.4 Å². The SMILES string of the molecule is O=C(NC1(c2noc([C@H]3CCOC3)n2)CCCCCC1)c1ccnc2ccnn12. The fourth-order valence-electron chi connectivity index (χ4n) is 4.35. The van der Waals surface area contributed by atoms with Crippen LogP contribution in [-0.2, 0) is 10.3 Å². The van der Waals surface area contributed by atoms with Gasteiger partial charge < -0.3 is 14.6 Å². The molecule has 5 rings (SSSR count). The van der Waals surface area contributed by atoms with Crippen LogP contribution in [0.4, 0.5) is 0 Å². The van der Waals surface area contributed by atoms with E-state index in [9.17, 15) is 4.79 Å². The van der Waals surface area contributed by atoms with Crippen LogP contribution in [0.15, 0.2) is 29.0 Å². The van der Waals surface area contributed by atoms with E-state index < -0.39 is 5.54 Å². The Morgan fingerprint density at radius 2 is 2.03 bits per heavy atom. The molecule has 9 nitrogen and oxygen atoms in total. The lowest BCUT2D eigenvalue weighted by molar-refractivity contribution is 0.0868. The van der Waals surface area contributed by atoms with Crippen LogP contribution in [0.1, 0.15) is 73.1 Å². The van der Waals surface area contributed by atoms with Gasteiger partial charge in [0.2, 0.25) is 5.89 Å². The summed E-state index contributed by atoms with van der Waals surface area (Å²) in [6.45, 7) is 1.32. The smallest absolute Gasteiger partial charge is 0.270 e. The van der Waals surface area contributed by atoms with Gasteiger partial charge in [-0.3, -0.25) is 4.79 Å². The molecule has 9 heteroatoms. The Morgan fingerprint density at radius 1 is 1.17 bits per heavy atom. The third kappa shape index (κ3) is 3.39. The number of aromatic nitrogens is 5. The third-order valence-electron chi connectivity index (χ3n) is 5.98. The lowest BCUT2D eigenvalue weighted by atomic mass is 9.89. The molecule has 1 aliphatic carbocycles. The monoisotopic (exact) mass is 396 g/mol. The third-order valence-corrected chi connectivity index (χ3v) is 5.98. The molecule has 1 aliphatic heterocycles. The second kappa shape index (κ2) is 7.55. The van der Waals surface area contributed by atoms with E-state index in [0.717, 1.165) is 44.9 Å². The van der Waals surface area contributed by atoms with Crippen molar-refractivity contribution in [3.63, 3.8) is 0 Å². The highest BCUT2D eigenvalue weighted by molar-refractivity contribution is 5.93. The van der Waals surface area contributed by atoms with Crippen LogP contribution in [0, 0.1) is 0 Å². The number of hydrogen-bond donors (Lipinski definition) is 1. The topological polar surface area (TPSA) is 107 Å². The number of hydrogen-bond acceptors (Lipinski definition) is 7. The molecule has 1 saturated heterocycles. The summed E-state index contributed by atoms with van der Waals surface area (Å²) in [5, 5.41) is 11.8. The summed E-state index contributed by atoms with van der Waals surface area (Å²) < 4.78 is 12.6. The molecule has 3 aromatic heterocycles. The molecule has 0 radical (unpaired) electrons. The van der Waals surface area contributed by atoms with E-state index >= 15 is 0 Å². The molecule has 0 unspecified atom stereocenters. The lowest BCUT2D eigenvalue weighted by Crippen LogP contribution is -2.47. The minimum absolute atomic E-state index is 0.138. The zero-order valence-corrected chi connectivity index (χ0v) is 16.2. The summed E-state index contributed by atoms with van der Waals surface area (Å²) in [6, 6.07) is 3.45. The first-order valence-corrected chi connectivity index (χ1v) is 10.3. The molecule has 3 aromatic rings. The van der Waals surface area contributed by atoms with E-state index in [1.54, 1.807) is 29.0 Å². The van der Waals surface area contributed by atoms with Crippen LogP contribution in [0.5, 0.6) is 0 Å². The maximum Gasteiger partial charge on any atom is 0.270 e. The molecular weight excluding hydrogens is 372 g/mol. The summed E-state index contributed by atoms with van der Waals surface area (Å²) in [7, 11) is 0. The van der Waals surface area contributed by atoms with Gasteiger partial charge in [-0.1, -0.05) is 30.8 Å². The fourth-order valence-corrected chi connectivity index (χ4v) is 4.35. The molecule has 0 spiro atoms. The van der Waals surface area contributed by atoms with E-state index in [-0.39, 0.29) is 11.8 Å². The summed E-state index contributed by atoms with van der Waals surface area (Å²) in [4.78, 5) is 22.2. The number of nitrogens with zero attached hydrogens (tertiary/aromatic N) is 5. The summed E-state index contributed by atoms with van der Waals surface area (Å²) in [6.07, 6.45) is 9.99. The molecule has 0 aromatic carbocycles. The summed E-state index contributed by atoms with van der Waals surface area (Å²) in [5.41, 5.74) is 0.435.